The Bertz CT molecular complexity index is 376. The molecule has 1 aliphatic heterocycles. The zero-order chi connectivity index (χ0) is 14.4. The molecule has 0 bridgehead atoms. The number of aromatic nitrogens is 2. The van der Waals surface area contributed by atoms with Crippen molar-refractivity contribution in [1.29, 1.82) is 0 Å². The monoisotopic (exact) mass is 278 g/mol. The van der Waals surface area contributed by atoms with Crippen LogP contribution in [0.1, 0.15) is 51.3 Å². The van der Waals surface area contributed by atoms with Gasteiger partial charge in [0.25, 0.3) is 0 Å². The molecule has 20 heavy (non-hydrogen) atoms. The fourth-order valence-electron chi connectivity index (χ4n) is 3.01. The van der Waals surface area contributed by atoms with Crippen molar-refractivity contribution in [2.45, 2.75) is 52.1 Å². The minimum Gasteiger partial charge on any atom is -0.311 e. The van der Waals surface area contributed by atoms with E-state index in [-0.39, 0.29) is 0 Å². The van der Waals surface area contributed by atoms with Crippen LogP contribution in [0, 0.1) is 5.92 Å². The minimum atomic E-state index is 0.553. The van der Waals surface area contributed by atoms with E-state index in [9.17, 15) is 0 Å². The second kappa shape index (κ2) is 7.79. The van der Waals surface area contributed by atoms with Gasteiger partial charge in [0.1, 0.15) is 0 Å². The van der Waals surface area contributed by atoms with Gasteiger partial charge in [-0.2, -0.15) is 5.10 Å². The first-order chi connectivity index (χ1) is 9.72. The Balaban J connectivity index is 1.71. The molecule has 0 amide bonds. The molecule has 1 saturated heterocycles. The third-order valence-electron chi connectivity index (χ3n) is 4.56. The molecule has 2 heterocycles. The van der Waals surface area contributed by atoms with Gasteiger partial charge in [0.05, 0.1) is 11.7 Å². The number of nitrogens with one attached hydrogen (secondary N) is 1. The third-order valence-corrected chi connectivity index (χ3v) is 4.56. The molecule has 0 saturated carbocycles. The van der Waals surface area contributed by atoms with E-state index in [1.807, 2.05) is 0 Å². The van der Waals surface area contributed by atoms with Crippen LogP contribution in [0.5, 0.6) is 0 Å². The van der Waals surface area contributed by atoms with E-state index in [2.05, 4.69) is 48.1 Å². The first-order valence-electron chi connectivity index (χ1n) is 8.16. The summed E-state index contributed by atoms with van der Waals surface area (Å²) >= 11 is 0. The van der Waals surface area contributed by atoms with E-state index < -0.39 is 0 Å². The van der Waals surface area contributed by atoms with Crippen molar-refractivity contribution in [1.82, 2.24) is 20.0 Å². The summed E-state index contributed by atoms with van der Waals surface area (Å²) in [6.07, 6.45) is 7.09. The highest BCUT2D eigenvalue weighted by Gasteiger charge is 2.16. The quantitative estimate of drug-likeness (QED) is 0.832. The summed E-state index contributed by atoms with van der Waals surface area (Å²) in [5.74, 6) is 0.840. The van der Waals surface area contributed by atoms with Gasteiger partial charge in [-0.15, -0.1) is 0 Å². The summed E-state index contributed by atoms with van der Waals surface area (Å²) in [7, 11) is 2.22. The number of piperidine rings is 1. The Morgan fingerprint density at radius 3 is 2.65 bits per heavy atom. The topological polar surface area (TPSA) is 33.1 Å². The standard InChI is InChI=1S/C16H30N4/c1-4-16(5-2)20-11-8-15(18-20)13-17-12-14-6-9-19(3)10-7-14/h8,11,14,16-17H,4-7,9-10,12-13H2,1-3H3. The van der Waals surface area contributed by atoms with Crippen molar-refractivity contribution in [3.63, 3.8) is 0 Å². The number of rotatable bonds is 7. The maximum atomic E-state index is 4.69. The van der Waals surface area contributed by atoms with Crippen molar-refractivity contribution in [3.05, 3.63) is 18.0 Å². The van der Waals surface area contributed by atoms with Crippen LogP contribution in [0.3, 0.4) is 0 Å². The predicted molar refractivity (Wildman–Crippen MR) is 83.8 cm³/mol. The molecule has 4 heteroatoms. The molecule has 114 valence electrons. The van der Waals surface area contributed by atoms with Crippen molar-refractivity contribution >= 4 is 0 Å². The Kier molecular flexibility index (Phi) is 6.05. The molecule has 2 rings (SSSR count). The van der Waals surface area contributed by atoms with E-state index in [1.165, 1.54) is 31.6 Å². The van der Waals surface area contributed by atoms with Crippen LogP contribution >= 0.6 is 0 Å². The SMILES string of the molecule is CCC(CC)n1ccc(CNCC2CCN(C)CC2)n1. The lowest BCUT2D eigenvalue weighted by molar-refractivity contribution is 0.216. The number of likely N-dealkylation sites (tertiary alicyclic amines) is 1. The van der Waals surface area contributed by atoms with Crippen LogP contribution in [-0.2, 0) is 6.54 Å². The molecule has 0 aromatic carbocycles. The van der Waals surface area contributed by atoms with Gasteiger partial charge < -0.3 is 10.2 Å². The second-order valence-corrected chi connectivity index (χ2v) is 6.13. The Morgan fingerprint density at radius 1 is 1.30 bits per heavy atom. The van der Waals surface area contributed by atoms with E-state index in [0.29, 0.717) is 6.04 Å². The molecule has 1 aromatic rings. The summed E-state index contributed by atoms with van der Waals surface area (Å²) < 4.78 is 2.13. The van der Waals surface area contributed by atoms with Crippen LogP contribution in [0.2, 0.25) is 0 Å². The van der Waals surface area contributed by atoms with E-state index in [0.717, 1.165) is 31.8 Å². The molecule has 1 aromatic heterocycles. The van der Waals surface area contributed by atoms with Gasteiger partial charge in [0, 0.05) is 12.7 Å². The largest absolute Gasteiger partial charge is 0.311 e. The molecular weight excluding hydrogens is 248 g/mol. The smallest absolute Gasteiger partial charge is 0.0762 e. The first kappa shape index (κ1) is 15.5. The number of hydrogen-bond donors (Lipinski definition) is 1. The molecule has 0 atom stereocenters. The Hall–Kier alpha value is -0.870. The maximum Gasteiger partial charge on any atom is 0.0762 e. The summed E-state index contributed by atoms with van der Waals surface area (Å²) in [6, 6.07) is 2.71. The number of hydrogen-bond acceptors (Lipinski definition) is 3. The van der Waals surface area contributed by atoms with E-state index >= 15 is 0 Å². The van der Waals surface area contributed by atoms with Gasteiger partial charge >= 0.3 is 0 Å². The lowest BCUT2D eigenvalue weighted by Crippen LogP contribution is -2.34. The van der Waals surface area contributed by atoms with Gasteiger partial charge in [-0.3, -0.25) is 4.68 Å². The van der Waals surface area contributed by atoms with Gasteiger partial charge in [0.2, 0.25) is 0 Å². The molecule has 1 fully saturated rings. The van der Waals surface area contributed by atoms with Gasteiger partial charge in [-0.05, 0) is 64.3 Å². The van der Waals surface area contributed by atoms with E-state index in [1.54, 1.807) is 0 Å². The average molecular weight is 278 g/mol. The zero-order valence-electron chi connectivity index (χ0n) is 13.3. The van der Waals surface area contributed by atoms with Crippen LogP contribution in [-0.4, -0.2) is 41.4 Å². The molecule has 0 aliphatic carbocycles. The summed E-state index contributed by atoms with van der Waals surface area (Å²) in [5.41, 5.74) is 1.17. The van der Waals surface area contributed by atoms with Crippen LogP contribution in [0.15, 0.2) is 12.3 Å². The first-order valence-corrected chi connectivity index (χ1v) is 8.16. The molecule has 0 unspecified atom stereocenters. The van der Waals surface area contributed by atoms with Gasteiger partial charge in [-0.1, -0.05) is 13.8 Å². The van der Waals surface area contributed by atoms with Crippen molar-refractivity contribution < 1.29 is 0 Å². The zero-order valence-corrected chi connectivity index (χ0v) is 13.3. The summed E-state index contributed by atoms with van der Waals surface area (Å²) in [4.78, 5) is 2.42. The average Bonchev–Trinajstić information content (AvgIpc) is 2.91. The van der Waals surface area contributed by atoms with Crippen LogP contribution in [0.4, 0.5) is 0 Å². The molecular formula is C16H30N4. The lowest BCUT2D eigenvalue weighted by Gasteiger charge is -2.28. The fourth-order valence-corrected chi connectivity index (χ4v) is 3.01. The normalized spacial score (nSPS) is 18.0. The highest BCUT2D eigenvalue weighted by molar-refractivity contribution is 4.99. The maximum absolute atomic E-state index is 4.69. The third kappa shape index (κ3) is 4.32. The van der Waals surface area contributed by atoms with Gasteiger partial charge in [0.15, 0.2) is 0 Å². The highest BCUT2D eigenvalue weighted by atomic mass is 15.3. The summed E-state index contributed by atoms with van der Waals surface area (Å²) in [6.45, 7) is 8.98. The van der Waals surface area contributed by atoms with Crippen LogP contribution in [0.25, 0.3) is 0 Å². The summed E-state index contributed by atoms with van der Waals surface area (Å²) in [5, 5.41) is 8.27. The number of nitrogens with zero attached hydrogens (tertiary/aromatic N) is 3. The van der Waals surface area contributed by atoms with E-state index in [4.69, 9.17) is 5.10 Å². The van der Waals surface area contributed by atoms with Crippen molar-refractivity contribution in [3.8, 4) is 0 Å². The molecule has 0 radical (unpaired) electrons. The van der Waals surface area contributed by atoms with Crippen molar-refractivity contribution in [2.24, 2.45) is 5.92 Å². The second-order valence-electron chi connectivity index (χ2n) is 6.13. The Morgan fingerprint density at radius 2 is 2.00 bits per heavy atom. The predicted octanol–water partition coefficient (Wildman–Crippen LogP) is 2.68. The molecule has 4 nitrogen and oxygen atoms in total. The molecule has 1 N–H and O–H groups in total. The molecule has 0 spiro atoms. The Labute approximate surface area is 123 Å². The minimum absolute atomic E-state index is 0.553. The fraction of sp³-hybridized carbons (Fsp3) is 0.812. The highest BCUT2D eigenvalue weighted by Crippen LogP contribution is 2.16. The lowest BCUT2D eigenvalue weighted by atomic mass is 9.97. The van der Waals surface area contributed by atoms with Crippen LogP contribution < -0.4 is 5.32 Å². The van der Waals surface area contributed by atoms with Gasteiger partial charge in [-0.25, -0.2) is 0 Å². The van der Waals surface area contributed by atoms with Crippen molar-refractivity contribution in [2.75, 3.05) is 26.7 Å². The molecule has 1 aliphatic rings.